The van der Waals surface area contributed by atoms with Crippen molar-refractivity contribution in [2.24, 2.45) is 17.8 Å². The highest BCUT2D eigenvalue weighted by Gasteiger charge is 2.51. The van der Waals surface area contributed by atoms with Crippen molar-refractivity contribution < 1.29 is 14.3 Å². The van der Waals surface area contributed by atoms with Crippen LogP contribution >= 0.6 is 0 Å². The Morgan fingerprint density at radius 2 is 1.65 bits per heavy atom. The van der Waals surface area contributed by atoms with E-state index in [9.17, 15) is 9.59 Å². The van der Waals surface area contributed by atoms with E-state index in [1.807, 2.05) is 0 Å². The number of methoxy groups -OCH3 is 1. The molecule has 112 valence electrons. The van der Waals surface area contributed by atoms with Crippen LogP contribution in [0.2, 0.25) is 0 Å². The minimum Gasteiger partial charge on any atom is -0.468 e. The molecule has 0 spiro atoms. The number of nitrogens with one attached hydrogen (secondary N) is 1. The number of rotatable bonds is 3. The van der Waals surface area contributed by atoms with Crippen LogP contribution in [0.1, 0.15) is 38.5 Å². The molecule has 20 heavy (non-hydrogen) atoms. The summed E-state index contributed by atoms with van der Waals surface area (Å²) in [5.74, 6) is 2.01. The fourth-order valence-electron chi connectivity index (χ4n) is 4.92. The van der Waals surface area contributed by atoms with Crippen molar-refractivity contribution in [3.05, 3.63) is 0 Å². The Kier molecular flexibility index (Phi) is 3.38. The van der Waals surface area contributed by atoms with Crippen molar-refractivity contribution in [1.29, 1.82) is 0 Å². The molecule has 4 fully saturated rings. The Morgan fingerprint density at radius 3 is 2.10 bits per heavy atom. The molecule has 2 amide bonds. The molecule has 0 aliphatic heterocycles. The predicted octanol–water partition coefficient (Wildman–Crippen LogP) is 1.77. The number of carbonyl (C=O) groups is 2. The Balaban J connectivity index is 1.62. The van der Waals surface area contributed by atoms with Crippen LogP contribution in [0.15, 0.2) is 0 Å². The minimum atomic E-state index is -0.381. The molecular weight excluding hydrogens is 256 g/mol. The van der Waals surface area contributed by atoms with Crippen LogP contribution in [0.25, 0.3) is 0 Å². The van der Waals surface area contributed by atoms with Crippen LogP contribution < -0.4 is 5.32 Å². The maximum absolute atomic E-state index is 12.3. The smallest absolute Gasteiger partial charge is 0.325 e. The lowest BCUT2D eigenvalue weighted by Gasteiger charge is -2.57. The second-order valence-corrected chi connectivity index (χ2v) is 7.06. The summed E-state index contributed by atoms with van der Waals surface area (Å²) in [5, 5.41) is 3.23. The molecule has 5 nitrogen and oxygen atoms in total. The summed E-state index contributed by atoms with van der Waals surface area (Å²) in [4.78, 5) is 25.0. The third-order valence-electron chi connectivity index (χ3n) is 5.35. The molecule has 4 bridgehead atoms. The average Bonchev–Trinajstić information content (AvgIpc) is 2.36. The van der Waals surface area contributed by atoms with Crippen LogP contribution in [0.3, 0.4) is 0 Å². The van der Waals surface area contributed by atoms with Gasteiger partial charge < -0.3 is 15.0 Å². The van der Waals surface area contributed by atoms with E-state index < -0.39 is 0 Å². The van der Waals surface area contributed by atoms with Crippen LogP contribution in [0.5, 0.6) is 0 Å². The molecule has 4 rings (SSSR count). The molecule has 1 N–H and O–H groups in total. The van der Waals surface area contributed by atoms with Gasteiger partial charge >= 0.3 is 12.0 Å². The van der Waals surface area contributed by atoms with E-state index in [-0.39, 0.29) is 24.1 Å². The highest BCUT2D eigenvalue weighted by molar-refractivity contribution is 5.81. The summed E-state index contributed by atoms with van der Waals surface area (Å²) >= 11 is 0. The van der Waals surface area contributed by atoms with Crippen molar-refractivity contribution in [3.63, 3.8) is 0 Å². The second kappa shape index (κ2) is 4.93. The zero-order valence-corrected chi connectivity index (χ0v) is 12.4. The number of hydrogen-bond acceptors (Lipinski definition) is 3. The number of likely N-dealkylation sites (N-methyl/N-ethyl adjacent to an activating group) is 1. The fraction of sp³-hybridized carbons (Fsp3) is 0.867. The van der Waals surface area contributed by atoms with Gasteiger partial charge in [-0.05, 0) is 56.3 Å². The highest BCUT2D eigenvalue weighted by atomic mass is 16.5. The first kappa shape index (κ1) is 13.7. The first-order chi connectivity index (χ1) is 9.49. The quantitative estimate of drug-likeness (QED) is 0.802. The maximum Gasteiger partial charge on any atom is 0.325 e. The van der Waals surface area contributed by atoms with Gasteiger partial charge in [0.1, 0.15) is 6.54 Å². The Hall–Kier alpha value is -1.26. The highest BCUT2D eigenvalue weighted by Crippen LogP contribution is 2.55. The number of esters is 1. The number of urea groups is 1. The molecule has 4 saturated carbocycles. The van der Waals surface area contributed by atoms with Gasteiger partial charge in [0.2, 0.25) is 0 Å². The Morgan fingerprint density at radius 1 is 1.15 bits per heavy atom. The van der Waals surface area contributed by atoms with E-state index in [0.717, 1.165) is 37.0 Å². The molecule has 0 heterocycles. The predicted molar refractivity (Wildman–Crippen MR) is 74.1 cm³/mol. The van der Waals surface area contributed by atoms with Crippen LogP contribution in [-0.4, -0.2) is 43.1 Å². The normalized spacial score (nSPS) is 37.6. The summed E-state index contributed by atoms with van der Waals surface area (Å²) < 4.78 is 4.60. The summed E-state index contributed by atoms with van der Waals surface area (Å²) in [6.45, 7) is 0.00863. The summed E-state index contributed by atoms with van der Waals surface area (Å²) in [7, 11) is 2.99. The monoisotopic (exact) mass is 280 g/mol. The standard InChI is InChI=1S/C15H24N2O3/c1-17(9-13(18)20-2)14(19)16-15-6-10-3-11(7-15)5-12(4-10)8-15/h10-12H,3-9H2,1-2H3,(H,16,19). The number of nitrogens with zero attached hydrogens (tertiary/aromatic N) is 1. The maximum atomic E-state index is 12.3. The van der Waals surface area contributed by atoms with Gasteiger partial charge in [0.05, 0.1) is 7.11 Å². The van der Waals surface area contributed by atoms with Crippen LogP contribution in [0.4, 0.5) is 4.79 Å². The van der Waals surface area contributed by atoms with Gasteiger partial charge in [-0.15, -0.1) is 0 Å². The summed E-state index contributed by atoms with van der Waals surface area (Å²) in [5.41, 5.74) is -0.00376. The van der Waals surface area contributed by atoms with Gasteiger partial charge in [0.15, 0.2) is 0 Å². The zero-order valence-electron chi connectivity index (χ0n) is 12.4. The first-order valence-corrected chi connectivity index (χ1v) is 7.60. The van der Waals surface area contributed by atoms with Crippen LogP contribution in [-0.2, 0) is 9.53 Å². The lowest BCUT2D eigenvalue weighted by Crippen LogP contribution is -2.61. The van der Waals surface area contributed by atoms with Crippen molar-refractivity contribution in [2.75, 3.05) is 20.7 Å². The van der Waals surface area contributed by atoms with Gasteiger partial charge in [-0.2, -0.15) is 0 Å². The molecule has 5 heteroatoms. The Labute approximate surface area is 120 Å². The minimum absolute atomic E-state index is 0.00376. The van der Waals surface area contributed by atoms with E-state index in [0.29, 0.717) is 0 Å². The number of amides is 2. The van der Waals surface area contributed by atoms with Crippen molar-refractivity contribution >= 4 is 12.0 Å². The van der Waals surface area contributed by atoms with Crippen molar-refractivity contribution in [1.82, 2.24) is 10.2 Å². The SMILES string of the molecule is COC(=O)CN(C)C(=O)NC12CC3CC(CC(C3)C1)C2. The zero-order chi connectivity index (χ0) is 14.3. The topological polar surface area (TPSA) is 58.6 Å². The van der Waals surface area contributed by atoms with Gasteiger partial charge in [-0.3, -0.25) is 4.79 Å². The van der Waals surface area contributed by atoms with Gasteiger partial charge in [-0.25, -0.2) is 4.79 Å². The molecule has 0 aromatic heterocycles. The molecule has 4 aliphatic rings. The molecule has 4 aliphatic carbocycles. The van der Waals surface area contributed by atoms with Crippen molar-refractivity contribution in [3.8, 4) is 0 Å². The van der Waals surface area contributed by atoms with E-state index in [2.05, 4.69) is 10.1 Å². The first-order valence-electron chi connectivity index (χ1n) is 7.60. The largest absolute Gasteiger partial charge is 0.468 e. The van der Waals surface area contributed by atoms with Gasteiger partial charge in [0, 0.05) is 12.6 Å². The van der Waals surface area contributed by atoms with E-state index in [1.165, 1.54) is 31.3 Å². The Bertz CT molecular complexity index is 386. The van der Waals surface area contributed by atoms with E-state index >= 15 is 0 Å². The molecule has 0 radical (unpaired) electrons. The van der Waals surface area contributed by atoms with Gasteiger partial charge in [-0.1, -0.05) is 0 Å². The van der Waals surface area contributed by atoms with E-state index in [1.54, 1.807) is 7.05 Å². The molecule has 0 unspecified atom stereocenters. The molecule has 0 saturated heterocycles. The molecule has 0 aromatic carbocycles. The number of carbonyl (C=O) groups excluding carboxylic acids is 2. The fourth-order valence-corrected chi connectivity index (χ4v) is 4.92. The second-order valence-electron chi connectivity index (χ2n) is 7.06. The molecular formula is C15H24N2O3. The van der Waals surface area contributed by atoms with Crippen molar-refractivity contribution in [2.45, 2.75) is 44.1 Å². The summed E-state index contributed by atoms with van der Waals surface area (Å²) in [6, 6.07) is -0.141. The van der Waals surface area contributed by atoms with E-state index in [4.69, 9.17) is 0 Å². The lowest BCUT2D eigenvalue weighted by atomic mass is 9.53. The lowest BCUT2D eigenvalue weighted by molar-refractivity contribution is -0.141. The third-order valence-corrected chi connectivity index (χ3v) is 5.35. The molecule has 0 atom stereocenters. The van der Waals surface area contributed by atoms with Gasteiger partial charge in [0.25, 0.3) is 0 Å². The number of hydrogen-bond donors (Lipinski definition) is 1. The van der Waals surface area contributed by atoms with Crippen LogP contribution in [0, 0.1) is 17.8 Å². The average molecular weight is 280 g/mol. The third kappa shape index (κ3) is 2.50. The number of ether oxygens (including phenoxy) is 1. The molecule has 0 aromatic rings. The summed E-state index contributed by atoms with van der Waals surface area (Å²) in [6.07, 6.45) is 7.43.